The van der Waals surface area contributed by atoms with Crippen LogP contribution in [0.25, 0.3) is 0 Å². The normalized spacial score (nSPS) is 15.2. The van der Waals surface area contributed by atoms with Gasteiger partial charge in [-0.1, -0.05) is 29.3 Å². The van der Waals surface area contributed by atoms with Crippen LogP contribution in [0.2, 0.25) is 10.0 Å². The summed E-state index contributed by atoms with van der Waals surface area (Å²) in [6.45, 7) is 5.41. The number of amides is 1. The summed E-state index contributed by atoms with van der Waals surface area (Å²) in [6.07, 6.45) is 0. The number of piperazine rings is 1. The van der Waals surface area contributed by atoms with E-state index in [1.165, 1.54) is 17.7 Å². The van der Waals surface area contributed by atoms with Gasteiger partial charge in [-0.25, -0.2) is 4.39 Å². The van der Waals surface area contributed by atoms with Gasteiger partial charge in [-0.3, -0.25) is 9.69 Å². The number of carbonyl (C=O) groups excluding carboxylic acids is 1. The fourth-order valence-corrected chi connectivity index (χ4v) is 3.38. The molecular formula is C19H20Cl2FN3O. The number of carbonyl (C=O) groups is 1. The van der Waals surface area contributed by atoms with Crippen LogP contribution in [0.3, 0.4) is 0 Å². The summed E-state index contributed by atoms with van der Waals surface area (Å²) >= 11 is 11.8. The van der Waals surface area contributed by atoms with Crippen LogP contribution in [0.4, 0.5) is 15.8 Å². The standard InChI is InChI=1S/C19H20Cl2FN3O/c1-13-2-3-15(21)11-18(13)25-8-6-24(7-9-25)12-19(26)23-17-5-4-14(20)10-16(17)22/h2-5,10-11H,6-9,12H2,1H3,(H,23,26). The highest BCUT2D eigenvalue weighted by atomic mass is 35.5. The second-order valence-electron chi connectivity index (χ2n) is 6.37. The van der Waals surface area contributed by atoms with Gasteiger partial charge in [0.15, 0.2) is 0 Å². The molecule has 0 bridgehead atoms. The SMILES string of the molecule is Cc1ccc(Cl)cc1N1CCN(CC(=O)Nc2ccc(Cl)cc2F)CC1. The first-order valence-electron chi connectivity index (χ1n) is 8.41. The summed E-state index contributed by atoms with van der Waals surface area (Å²) in [7, 11) is 0. The van der Waals surface area contributed by atoms with Crippen LogP contribution in [-0.2, 0) is 4.79 Å². The van der Waals surface area contributed by atoms with Crippen molar-refractivity contribution in [1.82, 2.24) is 4.90 Å². The molecule has 2 aromatic rings. The number of benzene rings is 2. The molecule has 1 saturated heterocycles. The molecule has 1 fully saturated rings. The predicted octanol–water partition coefficient (Wildman–Crippen LogP) is 4.20. The van der Waals surface area contributed by atoms with Gasteiger partial charge in [-0.05, 0) is 42.8 Å². The average molecular weight is 396 g/mol. The van der Waals surface area contributed by atoms with Crippen molar-refractivity contribution in [3.8, 4) is 0 Å². The summed E-state index contributed by atoms with van der Waals surface area (Å²) in [5.41, 5.74) is 2.45. The zero-order valence-electron chi connectivity index (χ0n) is 14.4. The smallest absolute Gasteiger partial charge is 0.238 e. The third kappa shape index (κ3) is 4.67. The number of hydrogen-bond donors (Lipinski definition) is 1. The van der Waals surface area contributed by atoms with Crippen molar-refractivity contribution >= 4 is 40.5 Å². The van der Waals surface area contributed by atoms with Crippen LogP contribution in [0, 0.1) is 12.7 Å². The number of rotatable bonds is 4. The van der Waals surface area contributed by atoms with E-state index in [1.807, 2.05) is 18.2 Å². The van der Waals surface area contributed by atoms with Crippen molar-refractivity contribution in [2.24, 2.45) is 0 Å². The lowest BCUT2D eigenvalue weighted by Gasteiger charge is -2.36. The van der Waals surface area contributed by atoms with Crippen molar-refractivity contribution in [2.75, 3.05) is 42.9 Å². The lowest BCUT2D eigenvalue weighted by Crippen LogP contribution is -2.48. The number of nitrogens with zero attached hydrogens (tertiary/aromatic N) is 2. The van der Waals surface area contributed by atoms with Crippen molar-refractivity contribution in [2.45, 2.75) is 6.92 Å². The topological polar surface area (TPSA) is 35.6 Å². The molecule has 0 radical (unpaired) electrons. The average Bonchev–Trinajstić information content (AvgIpc) is 2.60. The van der Waals surface area contributed by atoms with Gasteiger partial charge in [0, 0.05) is 41.9 Å². The van der Waals surface area contributed by atoms with Crippen LogP contribution >= 0.6 is 23.2 Å². The Balaban J connectivity index is 1.53. The molecule has 4 nitrogen and oxygen atoms in total. The van der Waals surface area contributed by atoms with Crippen LogP contribution in [0.5, 0.6) is 0 Å². The van der Waals surface area contributed by atoms with Gasteiger partial charge in [0.25, 0.3) is 0 Å². The maximum absolute atomic E-state index is 13.8. The Morgan fingerprint density at radius 2 is 1.73 bits per heavy atom. The lowest BCUT2D eigenvalue weighted by molar-refractivity contribution is -0.117. The molecule has 0 saturated carbocycles. The van der Waals surface area contributed by atoms with E-state index >= 15 is 0 Å². The molecule has 0 unspecified atom stereocenters. The molecule has 0 atom stereocenters. The van der Waals surface area contributed by atoms with Crippen molar-refractivity contribution in [3.05, 3.63) is 57.8 Å². The predicted molar refractivity (Wildman–Crippen MR) is 105 cm³/mol. The Hall–Kier alpha value is -1.82. The molecule has 1 aliphatic heterocycles. The first-order valence-corrected chi connectivity index (χ1v) is 9.16. The van der Waals surface area contributed by atoms with E-state index < -0.39 is 5.82 Å². The first kappa shape index (κ1) is 19.0. The highest BCUT2D eigenvalue weighted by molar-refractivity contribution is 6.31. The van der Waals surface area contributed by atoms with Gasteiger partial charge in [0.1, 0.15) is 5.82 Å². The molecule has 0 spiro atoms. The Kier molecular flexibility index (Phi) is 6.01. The van der Waals surface area contributed by atoms with Crippen LogP contribution < -0.4 is 10.2 Å². The summed E-state index contributed by atoms with van der Waals surface area (Å²) in [6, 6.07) is 10.1. The molecule has 7 heteroatoms. The van der Waals surface area contributed by atoms with E-state index in [2.05, 4.69) is 22.0 Å². The van der Waals surface area contributed by atoms with Crippen LogP contribution in [0.15, 0.2) is 36.4 Å². The minimum atomic E-state index is -0.535. The maximum Gasteiger partial charge on any atom is 0.238 e. The fraction of sp³-hybridized carbons (Fsp3) is 0.316. The number of aryl methyl sites for hydroxylation is 1. The summed E-state index contributed by atoms with van der Waals surface area (Å²) < 4.78 is 13.8. The van der Waals surface area contributed by atoms with E-state index in [0.29, 0.717) is 5.02 Å². The lowest BCUT2D eigenvalue weighted by atomic mass is 10.1. The molecule has 0 aromatic heterocycles. The maximum atomic E-state index is 13.8. The highest BCUT2D eigenvalue weighted by Crippen LogP contribution is 2.25. The molecule has 1 heterocycles. The highest BCUT2D eigenvalue weighted by Gasteiger charge is 2.20. The summed E-state index contributed by atoms with van der Waals surface area (Å²) in [5.74, 6) is -0.772. The van der Waals surface area contributed by atoms with Gasteiger partial charge < -0.3 is 10.2 Å². The summed E-state index contributed by atoms with van der Waals surface area (Å²) in [5, 5.41) is 3.62. The van der Waals surface area contributed by atoms with E-state index in [4.69, 9.17) is 23.2 Å². The van der Waals surface area contributed by atoms with Gasteiger partial charge in [-0.2, -0.15) is 0 Å². The Morgan fingerprint density at radius 1 is 1.08 bits per heavy atom. The van der Waals surface area contributed by atoms with Crippen LogP contribution in [-0.4, -0.2) is 43.5 Å². The second kappa shape index (κ2) is 8.25. The van der Waals surface area contributed by atoms with Gasteiger partial charge >= 0.3 is 0 Å². The van der Waals surface area contributed by atoms with Gasteiger partial charge in [0.05, 0.1) is 12.2 Å². The fourth-order valence-electron chi connectivity index (χ4n) is 3.05. The third-order valence-electron chi connectivity index (χ3n) is 4.46. The third-order valence-corrected chi connectivity index (χ3v) is 4.93. The quantitative estimate of drug-likeness (QED) is 0.842. The van der Waals surface area contributed by atoms with Crippen LogP contribution in [0.1, 0.15) is 5.56 Å². The van der Waals surface area contributed by atoms with Crippen molar-refractivity contribution in [1.29, 1.82) is 0 Å². The Morgan fingerprint density at radius 3 is 2.42 bits per heavy atom. The number of nitrogens with one attached hydrogen (secondary N) is 1. The zero-order chi connectivity index (χ0) is 18.7. The van der Waals surface area contributed by atoms with E-state index in [-0.39, 0.29) is 18.1 Å². The second-order valence-corrected chi connectivity index (χ2v) is 7.24. The number of halogens is 3. The Labute approximate surface area is 162 Å². The molecule has 1 N–H and O–H groups in total. The molecule has 3 rings (SSSR count). The van der Waals surface area contributed by atoms with Gasteiger partial charge in [-0.15, -0.1) is 0 Å². The van der Waals surface area contributed by atoms with E-state index in [9.17, 15) is 9.18 Å². The minimum absolute atomic E-state index is 0.146. The van der Waals surface area contributed by atoms with Crippen molar-refractivity contribution < 1.29 is 9.18 Å². The van der Waals surface area contributed by atoms with E-state index in [1.54, 1.807) is 6.07 Å². The molecule has 26 heavy (non-hydrogen) atoms. The molecule has 2 aromatic carbocycles. The zero-order valence-corrected chi connectivity index (χ0v) is 15.9. The Bertz CT molecular complexity index is 807. The minimum Gasteiger partial charge on any atom is -0.369 e. The van der Waals surface area contributed by atoms with Gasteiger partial charge in [0.2, 0.25) is 5.91 Å². The first-order chi connectivity index (χ1) is 12.4. The molecule has 0 aliphatic carbocycles. The molecular weight excluding hydrogens is 376 g/mol. The largest absolute Gasteiger partial charge is 0.369 e. The van der Waals surface area contributed by atoms with E-state index in [0.717, 1.165) is 36.9 Å². The molecule has 1 amide bonds. The number of hydrogen-bond acceptors (Lipinski definition) is 3. The number of anilines is 2. The van der Waals surface area contributed by atoms with Crippen molar-refractivity contribution in [3.63, 3.8) is 0 Å². The summed E-state index contributed by atoms with van der Waals surface area (Å²) in [4.78, 5) is 16.5. The molecule has 1 aliphatic rings. The monoisotopic (exact) mass is 395 g/mol. The molecule has 138 valence electrons.